The molecule has 124 valence electrons. The molecule has 4 nitrogen and oxygen atoms in total. The topological polar surface area (TPSA) is 44.8 Å². The van der Waals surface area contributed by atoms with Gasteiger partial charge in [-0.3, -0.25) is 4.79 Å². The third-order valence-corrected chi connectivity index (χ3v) is 4.09. The van der Waals surface area contributed by atoms with Crippen LogP contribution in [0.3, 0.4) is 0 Å². The number of aryl methyl sites for hydroxylation is 2. The molecule has 1 aliphatic heterocycles. The van der Waals surface area contributed by atoms with Gasteiger partial charge in [-0.25, -0.2) is 0 Å². The lowest BCUT2D eigenvalue weighted by Crippen LogP contribution is -2.20. The minimum atomic E-state index is 0.0172. The fraction of sp³-hybridized carbons (Fsp3) is 0.250. The number of methoxy groups -OCH3 is 2. The Hall–Kier alpha value is -2.75. The van der Waals surface area contributed by atoms with Crippen molar-refractivity contribution in [1.29, 1.82) is 0 Å². The number of rotatable bonds is 3. The Morgan fingerprint density at radius 1 is 1.04 bits per heavy atom. The lowest BCUT2D eigenvalue weighted by molar-refractivity contribution is 0.1000. The molecule has 0 radical (unpaired) electrons. The lowest BCUT2D eigenvalue weighted by atomic mass is 9.93. The second kappa shape index (κ2) is 6.40. The van der Waals surface area contributed by atoms with Crippen LogP contribution < -0.4 is 14.2 Å². The van der Waals surface area contributed by atoms with Crippen molar-refractivity contribution < 1.29 is 19.0 Å². The Morgan fingerprint density at radius 2 is 1.79 bits per heavy atom. The summed E-state index contributed by atoms with van der Waals surface area (Å²) in [6.45, 7) is 4.20. The maximum Gasteiger partial charge on any atom is 0.196 e. The summed E-state index contributed by atoms with van der Waals surface area (Å²) in [4.78, 5) is 12.8. The first-order chi connectivity index (χ1) is 11.5. The van der Waals surface area contributed by atoms with Crippen molar-refractivity contribution in [1.82, 2.24) is 0 Å². The molecule has 0 bridgehead atoms. The molecule has 0 fully saturated rings. The molecule has 0 N–H and O–H groups in total. The van der Waals surface area contributed by atoms with Crippen LogP contribution in [-0.4, -0.2) is 26.6 Å². The summed E-state index contributed by atoms with van der Waals surface area (Å²) in [6.07, 6.45) is 1.84. The molecular formula is C20H20O4. The van der Waals surface area contributed by atoms with Gasteiger partial charge >= 0.3 is 0 Å². The second-order valence-corrected chi connectivity index (χ2v) is 5.86. The smallest absolute Gasteiger partial charge is 0.196 e. The van der Waals surface area contributed by atoms with Crippen molar-refractivity contribution >= 4 is 11.9 Å². The number of Topliss-reactive ketones (excluding diaryl/α,β-unsaturated/α-hetero) is 1. The number of ketones is 1. The summed E-state index contributed by atoms with van der Waals surface area (Å²) in [7, 11) is 3.18. The monoisotopic (exact) mass is 324 g/mol. The molecule has 0 unspecified atom stereocenters. The molecule has 0 aliphatic carbocycles. The minimum absolute atomic E-state index is 0.0172. The summed E-state index contributed by atoms with van der Waals surface area (Å²) >= 11 is 0. The fourth-order valence-electron chi connectivity index (χ4n) is 2.97. The molecule has 0 atom stereocenters. The third-order valence-electron chi connectivity index (χ3n) is 4.09. The number of ether oxygens (including phenoxy) is 3. The van der Waals surface area contributed by atoms with Crippen LogP contribution in [-0.2, 0) is 0 Å². The van der Waals surface area contributed by atoms with E-state index in [4.69, 9.17) is 14.2 Å². The summed E-state index contributed by atoms with van der Waals surface area (Å²) < 4.78 is 16.3. The van der Waals surface area contributed by atoms with Gasteiger partial charge in [-0.15, -0.1) is 0 Å². The Labute approximate surface area is 141 Å². The minimum Gasteiger partial charge on any atom is -0.493 e. The average Bonchev–Trinajstić information content (AvgIpc) is 2.56. The highest BCUT2D eigenvalue weighted by atomic mass is 16.5. The number of carbonyl (C=O) groups excluding carboxylic acids is 1. The van der Waals surface area contributed by atoms with Crippen LogP contribution in [0.5, 0.6) is 17.2 Å². The van der Waals surface area contributed by atoms with Gasteiger partial charge in [0.25, 0.3) is 0 Å². The maximum atomic E-state index is 12.8. The summed E-state index contributed by atoms with van der Waals surface area (Å²) in [6, 6.07) is 9.46. The van der Waals surface area contributed by atoms with E-state index in [9.17, 15) is 4.79 Å². The number of carbonyl (C=O) groups is 1. The zero-order valence-corrected chi connectivity index (χ0v) is 14.3. The quantitative estimate of drug-likeness (QED) is 0.801. The second-order valence-electron chi connectivity index (χ2n) is 5.86. The highest BCUT2D eigenvalue weighted by Crippen LogP contribution is 2.33. The van der Waals surface area contributed by atoms with Crippen LogP contribution in [0.15, 0.2) is 35.9 Å². The van der Waals surface area contributed by atoms with Gasteiger partial charge in [0.05, 0.1) is 19.8 Å². The van der Waals surface area contributed by atoms with Gasteiger partial charge in [-0.2, -0.15) is 0 Å². The SMILES string of the molecule is COc1ccc(C=C2COc3cc(C)cc(C)c3C2=O)cc1OC. The molecule has 0 saturated carbocycles. The van der Waals surface area contributed by atoms with Crippen molar-refractivity contribution in [3.8, 4) is 17.2 Å². The molecular weight excluding hydrogens is 304 g/mol. The van der Waals surface area contributed by atoms with Gasteiger partial charge in [0.2, 0.25) is 0 Å². The highest BCUT2D eigenvalue weighted by molar-refractivity contribution is 6.14. The Bertz CT molecular complexity index is 834. The molecule has 2 aromatic carbocycles. The van der Waals surface area contributed by atoms with E-state index in [1.54, 1.807) is 14.2 Å². The van der Waals surface area contributed by atoms with Gasteiger partial charge < -0.3 is 14.2 Å². The molecule has 0 saturated heterocycles. The number of fused-ring (bicyclic) bond motifs is 1. The van der Waals surface area contributed by atoms with E-state index in [2.05, 4.69) is 0 Å². The molecule has 24 heavy (non-hydrogen) atoms. The first-order valence-corrected chi connectivity index (χ1v) is 7.75. The highest BCUT2D eigenvalue weighted by Gasteiger charge is 2.25. The number of benzene rings is 2. The lowest BCUT2D eigenvalue weighted by Gasteiger charge is -2.21. The Kier molecular flexibility index (Phi) is 4.30. The van der Waals surface area contributed by atoms with Gasteiger partial charge in [0.15, 0.2) is 17.3 Å². The molecule has 3 rings (SSSR count). The number of hydrogen-bond acceptors (Lipinski definition) is 4. The van der Waals surface area contributed by atoms with Crippen molar-refractivity contribution in [3.05, 3.63) is 58.2 Å². The standard InChI is InChI=1S/C20H20O4/c1-12-7-13(2)19-18(8-12)24-11-15(20(19)21)9-14-5-6-16(22-3)17(10-14)23-4/h5-10H,11H2,1-4H3. The summed E-state index contributed by atoms with van der Waals surface area (Å²) in [5.41, 5.74) is 4.17. The van der Waals surface area contributed by atoms with Crippen LogP contribution in [0.1, 0.15) is 27.0 Å². The zero-order chi connectivity index (χ0) is 17.3. The van der Waals surface area contributed by atoms with E-state index in [1.807, 2.05) is 50.3 Å². The zero-order valence-electron chi connectivity index (χ0n) is 14.3. The summed E-state index contributed by atoms with van der Waals surface area (Å²) in [5.74, 6) is 1.97. The van der Waals surface area contributed by atoms with Crippen molar-refractivity contribution in [2.24, 2.45) is 0 Å². The average molecular weight is 324 g/mol. The predicted octanol–water partition coefficient (Wildman–Crippen LogP) is 3.98. The first-order valence-electron chi connectivity index (χ1n) is 7.75. The molecule has 4 heteroatoms. The van der Waals surface area contributed by atoms with Crippen LogP contribution in [0.2, 0.25) is 0 Å². The van der Waals surface area contributed by atoms with Crippen molar-refractivity contribution in [3.63, 3.8) is 0 Å². The van der Waals surface area contributed by atoms with Crippen LogP contribution in [0.25, 0.3) is 6.08 Å². The molecule has 1 heterocycles. The van der Waals surface area contributed by atoms with E-state index >= 15 is 0 Å². The first kappa shape index (κ1) is 16.1. The normalized spacial score (nSPS) is 15.0. The van der Waals surface area contributed by atoms with Crippen LogP contribution in [0, 0.1) is 13.8 Å². The summed E-state index contributed by atoms with van der Waals surface area (Å²) in [5, 5.41) is 0. The molecule has 1 aliphatic rings. The van der Waals surface area contributed by atoms with Gasteiger partial charge in [-0.05, 0) is 54.8 Å². The van der Waals surface area contributed by atoms with Crippen LogP contribution >= 0.6 is 0 Å². The van der Waals surface area contributed by atoms with Crippen LogP contribution in [0.4, 0.5) is 0 Å². The number of hydrogen-bond donors (Lipinski definition) is 0. The third kappa shape index (κ3) is 2.87. The van der Waals surface area contributed by atoms with Crippen molar-refractivity contribution in [2.45, 2.75) is 13.8 Å². The van der Waals surface area contributed by atoms with E-state index in [-0.39, 0.29) is 12.4 Å². The van der Waals surface area contributed by atoms with Gasteiger partial charge in [0.1, 0.15) is 12.4 Å². The van der Waals surface area contributed by atoms with E-state index in [1.165, 1.54) is 0 Å². The molecule has 0 spiro atoms. The van der Waals surface area contributed by atoms with Crippen molar-refractivity contribution in [2.75, 3.05) is 20.8 Å². The van der Waals surface area contributed by atoms with Gasteiger partial charge in [-0.1, -0.05) is 12.1 Å². The Balaban J connectivity index is 1.99. The molecule has 0 aromatic heterocycles. The van der Waals surface area contributed by atoms with Gasteiger partial charge in [0, 0.05) is 5.57 Å². The Morgan fingerprint density at radius 3 is 2.50 bits per heavy atom. The largest absolute Gasteiger partial charge is 0.493 e. The van der Waals surface area contributed by atoms with E-state index in [0.29, 0.717) is 28.4 Å². The van der Waals surface area contributed by atoms with E-state index in [0.717, 1.165) is 16.7 Å². The predicted molar refractivity (Wildman–Crippen MR) is 93.3 cm³/mol. The molecule has 2 aromatic rings. The van der Waals surface area contributed by atoms with E-state index < -0.39 is 0 Å². The maximum absolute atomic E-state index is 12.8. The fourth-order valence-corrected chi connectivity index (χ4v) is 2.97. The molecule has 0 amide bonds.